The number of halogens is 1. The van der Waals surface area contributed by atoms with Crippen LogP contribution in [0.4, 0.5) is 0 Å². The van der Waals surface area contributed by atoms with Crippen molar-refractivity contribution in [3.63, 3.8) is 0 Å². The Hall–Kier alpha value is -0.380. The van der Waals surface area contributed by atoms with E-state index < -0.39 is 0 Å². The summed E-state index contributed by atoms with van der Waals surface area (Å²) in [6, 6.07) is 4.79. The van der Waals surface area contributed by atoms with Gasteiger partial charge in [0.05, 0.1) is 19.8 Å². The summed E-state index contributed by atoms with van der Waals surface area (Å²) in [5.41, 5.74) is 0. The topological polar surface area (TPSA) is 48.9 Å². The summed E-state index contributed by atoms with van der Waals surface area (Å²) in [5, 5.41) is 6.77. The third kappa shape index (κ3) is 7.36. The van der Waals surface area contributed by atoms with Gasteiger partial charge in [-0.05, 0) is 32.9 Å². The zero-order valence-corrected chi connectivity index (χ0v) is 17.4. The summed E-state index contributed by atoms with van der Waals surface area (Å²) in [7, 11) is 0. The number of morpholine rings is 1. The number of thiophene rings is 1. The Labute approximate surface area is 160 Å². The molecule has 0 saturated carbocycles. The van der Waals surface area contributed by atoms with E-state index in [1.807, 2.05) is 11.3 Å². The molecule has 1 saturated heterocycles. The summed E-state index contributed by atoms with van der Waals surface area (Å²) in [5.74, 6) is 0.897. The van der Waals surface area contributed by atoms with Gasteiger partial charge in [0.25, 0.3) is 0 Å². The summed E-state index contributed by atoms with van der Waals surface area (Å²) in [4.78, 5) is 9.78. The molecule has 7 heteroatoms. The molecule has 132 valence electrons. The normalized spacial score (nSPS) is 17.4. The average Bonchev–Trinajstić information content (AvgIpc) is 2.96. The Balaban J connectivity index is 0.00000264. The highest BCUT2D eigenvalue weighted by Crippen LogP contribution is 2.15. The van der Waals surface area contributed by atoms with Crippen molar-refractivity contribution < 1.29 is 4.74 Å². The van der Waals surface area contributed by atoms with Crippen LogP contribution < -0.4 is 10.6 Å². The van der Waals surface area contributed by atoms with E-state index in [1.165, 1.54) is 9.75 Å². The first-order valence-corrected chi connectivity index (χ1v) is 8.90. The number of aryl methyl sites for hydroxylation is 1. The van der Waals surface area contributed by atoms with Gasteiger partial charge < -0.3 is 15.4 Å². The van der Waals surface area contributed by atoms with E-state index >= 15 is 0 Å². The lowest BCUT2D eigenvalue weighted by atomic mass is 10.2. The van der Waals surface area contributed by atoms with Crippen LogP contribution in [0.2, 0.25) is 0 Å². The smallest absolute Gasteiger partial charge is 0.191 e. The maximum atomic E-state index is 5.41. The Morgan fingerprint density at radius 3 is 2.70 bits per heavy atom. The second-order valence-corrected chi connectivity index (χ2v) is 6.96. The Kier molecular flexibility index (Phi) is 10.1. The van der Waals surface area contributed by atoms with E-state index in [9.17, 15) is 0 Å². The van der Waals surface area contributed by atoms with Gasteiger partial charge in [-0.15, -0.1) is 35.3 Å². The van der Waals surface area contributed by atoms with Crippen LogP contribution in [-0.2, 0) is 11.3 Å². The zero-order chi connectivity index (χ0) is 15.8. The molecule has 2 N–H and O–H groups in total. The minimum Gasteiger partial charge on any atom is -0.379 e. The number of ether oxygens (including phenoxy) is 1. The fraction of sp³-hybridized carbons (Fsp3) is 0.688. The van der Waals surface area contributed by atoms with E-state index in [-0.39, 0.29) is 24.0 Å². The predicted octanol–water partition coefficient (Wildman–Crippen LogP) is 2.45. The lowest BCUT2D eigenvalue weighted by Gasteiger charge is -2.32. The van der Waals surface area contributed by atoms with Gasteiger partial charge in [-0.1, -0.05) is 0 Å². The molecular formula is C16H29IN4OS. The molecule has 1 aliphatic heterocycles. The van der Waals surface area contributed by atoms with Crippen molar-refractivity contribution in [2.24, 2.45) is 4.99 Å². The van der Waals surface area contributed by atoms with Crippen molar-refractivity contribution >= 4 is 41.3 Å². The van der Waals surface area contributed by atoms with E-state index in [4.69, 9.17) is 4.74 Å². The van der Waals surface area contributed by atoms with Gasteiger partial charge in [-0.25, -0.2) is 4.99 Å². The standard InChI is InChI=1S/C16H28N4OS.HI/c1-4-17-16(19-12-15-6-5-14(3)22-15)18-11-13(2)20-7-9-21-10-8-20;/h5-6,13H,4,7-12H2,1-3H3,(H2,17,18,19);1H. The molecule has 0 aliphatic carbocycles. The van der Waals surface area contributed by atoms with Gasteiger partial charge in [0.2, 0.25) is 0 Å². The summed E-state index contributed by atoms with van der Waals surface area (Å²) < 4.78 is 5.41. The van der Waals surface area contributed by atoms with Gasteiger partial charge in [-0.3, -0.25) is 4.90 Å². The average molecular weight is 452 g/mol. The van der Waals surface area contributed by atoms with Gasteiger partial charge in [0, 0.05) is 42.0 Å². The molecular weight excluding hydrogens is 423 g/mol. The van der Waals surface area contributed by atoms with Gasteiger partial charge >= 0.3 is 0 Å². The maximum Gasteiger partial charge on any atom is 0.191 e. The van der Waals surface area contributed by atoms with Crippen LogP contribution in [0.15, 0.2) is 17.1 Å². The molecule has 1 fully saturated rings. The number of nitrogens with zero attached hydrogens (tertiary/aromatic N) is 2. The minimum absolute atomic E-state index is 0. The van der Waals surface area contributed by atoms with E-state index in [2.05, 4.69) is 53.4 Å². The van der Waals surface area contributed by atoms with Crippen LogP contribution in [0.1, 0.15) is 23.6 Å². The molecule has 1 atom stereocenters. The highest BCUT2D eigenvalue weighted by Gasteiger charge is 2.16. The Morgan fingerprint density at radius 1 is 1.35 bits per heavy atom. The minimum atomic E-state index is 0. The monoisotopic (exact) mass is 452 g/mol. The van der Waals surface area contributed by atoms with Gasteiger partial charge in [0.1, 0.15) is 0 Å². The fourth-order valence-electron chi connectivity index (χ4n) is 2.46. The molecule has 0 radical (unpaired) electrons. The van der Waals surface area contributed by atoms with E-state index in [0.717, 1.165) is 51.9 Å². The summed E-state index contributed by atoms with van der Waals surface area (Å²) in [6.45, 7) is 12.7. The first-order chi connectivity index (χ1) is 10.7. The predicted molar refractivity (Wildman–Crippen MR) is 109 cm³/mol. The number of hydrogen-bond acceptors (Lipinski definition) is 4. The molecule has 0 bridgehead atoms. The molecule has 0 amide bonds. The fourth-order valence-corrected chi connectivity index (χ4v) is 3.28. The van der Waals surface area contributed by atoms with Crippen molar-refractivity contribution in [3.05, 3.63) is 21.9 Å². The SMILES string of the molecule is CCNC(=NCc1ccc(C)s1)NCC(C)N1CCOCC1.I. The van der Waals surface area contributed by atoms with Crippen molar-refractivity contribution in [1.82, 2.24) is 15.5 Å². The number of hydrogen-bond donors (Lipinski definition) is 2. The molecule has 1 unspecified atom stereocenters. The lowest BCUT2D eigenvalue weighted by Crippen LogP contribution is -2.49. The Bertz CT molecular complexity index is 474. The molecule has 0 aromatic carbocycles. The largest absolute Gasteiger partial charge is 0.379 e. The summed E-state index contributed by atoms with van der Waals surface area (Å²) >= 11 is 1.81. The molecule has 1 aromatic heterocycles. The van der Waals surface area contributed by atoms with Crippen LogP contribution >= 0.6 is 35.3 Å². The molecule has 0 spiro atoms. The third-order valence-corrected chi connectivity index (χ3v) is 4.75. The maximum absolute atomic E-state index is 5.41. The van der Waals surface area contributed by atoms with Crippen molar-refractivity contribution in [2.75, 3.05) is 39.4 Å². The van der Waals surface area contributed by atoms with Crippen LogP contribution in [0.25, 0.3) is 0 Å². The van der Waals surface area contributed by atoms with Crippen LogP contribution in [0.3, 0.4) is 0 Å². The third-order valence-electron chi connectivity index (χ3n) is 3.77. The molecule has 1 aliphatic rings. The second-order valence-electron chi connectivity index (χ2n) is 5.59. The number of rotatable bonds is 6. The van der Waals surface area contributed by atoms with Gasteiger partial charge in [-0.2, -0.15) is 0 Å². The highest BCUT2D eigenvalue weighted by molar-refractivity contribution is 14.0. The lowest BCUT2D eigenvalue weighted by molar-refractivity contribution is 0.0211. The summed E-state index contributed by atoms with van der Waals surface area (Å²) in [6.07, 6.45) is 0. The van der Waals surface area contributed by atoms with Crippen molar-refractivity contribution in [1.29, 1.82) is 0 Å². The zero-order valence-electron chi connectivity index (χ0n) is 14.3. The van der Waals surface area contributed by atoms with Crippen LogP contribution in [0.5, 0.6) is 0 Å². The van der Waals surface area contributed by atoms with Crippen molar-refractivity contribution in [3.8, 4) is 0 Å². The second kappa shape index (κ2) is 11.2. The molecule has 23 heavy (non-hydrogen) atoms. The molecule has 2 rings (SSSR count). The van der Waals surface area contributed by atoms with Gasteiger partial charge in [0.15, 0.2) is 5.96 Å². The molecule has 2 heterocycles. The Morgan fingerprint density at radius 2 is 2.09 bits per heavy atom. The molecule has 5 nitrogen and oxygen atoms in total. The van der Waals surface area contributed by atoms with Crippen LogP contribution in [-0.4, -0.2) is 56.3 Å². The van der Waals surface area contributed by atoms with E-state index in [1.54, 1.807) is 0 Å². The highest BCUT2D eigenvalue weighted by atomic mass is 127. The number of aliphatic imine (C=N–C) groups is 1. The first-order valence-electron chi connectivity index (χ1n) is 8.08. The molecule has 1 aromatic rings. The van der Waals surface area contributed by atoms with Crippen molar-refractivity contribution in [2.45, 2.75) is 33.4 Å². The van der Waals surface area contributed by atoms with Crippen LogP contribution in [0, 0.1) is 6.92 Å². The number of guanidine groups is 1. The van der Waals surface area contributed by atoms with E-state index in [0.29, 0.717) is 6.04 Å². The quantitative estimate of drug-likeness (QED) is 0.396. The number of nitrogens with one attached hydrogen (secondary N) is 2. The first kappa shape index (κ1) is 20.7.